The van der Waals surface area contributed by atoms with Gasteiger partial charge in [0.1, 0.15) is 0 Å². The van der Waals surface area contributed by atoms with Crippen molar-refractivity contribution in [3.8, 4) is 0 Å². The van der Waals surface area contributed by atoms with Gasteiger partial charge in [-0.05, 0) is 12.5 Å². The summed E-state index contributed by atoms with van der Waals surface area (Å²) in [5.74, 6) is 0.753. The summed E-state index contributed by atoms with van der Waals surface area (Å²) in [6.45, 7) is 2.84. The molecule has 78 valence electrons. The quantitative estimate of drug-likeness (QED) is 0.564. The number of aromatic nitrogens is 2. The lowest BCUT2D eigenvalue weighted by atomic mass is 10.3. The molecule has 0 aliphatic rings. The Labute approximate surface area is 84.8 Å². The summed E-state index contributed by atoms with van der Waals surface area (Å²) in [6, 6.07) is 2.01. The summed E-state index contributed by atoms with van der Waals surface area (Å²) in [5, 5.41) is 4.26. The van der Waals surface area contributed by atoms with Crippen LogP contribution in [-0.4, -0.2) is 22.2 Å². The van der Waals surface area contributed by atoms with Crippen molar-refractivity contribution < 1.29 is 0 Å². The molecule has 1 heterocycles. The van der Waals surface area contributed by atoms with Gasteiger partial charge >= 0.3 is 0 Å². The summed E-state index contributed by atoms with van der Waals surface area (Å²) in [6.07, 6.45) is 4.75. The molecule has 0 saturated heterocycles. The van der Waals surface area contributed by atoms with Crippen molar-refractivity contribution in [3.05, 3.63) is 18.0 Å². The fourth-order valence-electron chi connectivity index (χ4n) is 1.25. The van der Waals surface area contributed by atoms with Crippen LogP contribution in [0.1, 0.15) is 25.5 Å². The van der Waals surface area contributed by atoms with E-state index in [4.69, 9.17) is 5.73 Å². The van der Waals surface area contributed by atoms with E-state index in [9.17, 15) is 0 Å². The van der Waals surface area contributed by atoms with Crippen LogP contribution in [0.15, 0.2) is 17.3 Å². The van der Waals surface area contributed by atoms with Crippen molar-refractivity contribution in [1.82, 2.24) is 9.78 Å². The van der Waals surface area contributed by atoms with Crippen LogP contribution in [0.5, 0.6) is 0 Å². The minimum absolute atomic E-state index is 0.739. The molecule has 0 saturated carbocycles. The predicted octanol–water partition coefficient (Wildman–Crippen LogP) is 1.12. The van der Waals surface area contributed by atoms with Gasteiger partial charge in [0.2, 0.25) is 0 Å². The van der Waals surface area contributed by atoms with Gasteiger partial charge in [0, 0.05) is 32.6 Å². The van der Waals surface area contributed by atoms with Crippen LogP contribution in [0.2, 0.25) is 0 Å². The molecule has 1 rings (SSSR count). The van der Waals surface area contributed by atoms with Crippen LogP contribution in [-0.2, 0) is 13.5 Å². The lowest BCUT2D eigenvalue weighted by Crippen LogP contribution is -2.12. The number of amidine groups is 1. The van der Waals surface area contributed by atoms with E-state index < -0.39 is 0 Å². The number of aliphatic imine (C=N–C) groups is 1. The minimum atomic E-state index is 0.739. The second-order valence-electron chi connectivity index (χ2n) is 3.35. The summed E-state index contributed by atoms with van der Waals surface area (Å²) in [4.78, 5) is 4.26. The van der Waals surface area contributed by atoms with E-state index in [2.05, 4.69) is 17.0 Å². The third-order valence-corrected chi connectivity index (χ3v) is 1.96. The molecule has 0 radical (unpaired) electrons. The van der Waals surface area contributed by atoms with Gasteiger partial charge in [-0.2, -0.15) is 5.10 Å². The second kappa shape index (κ2) is 5.42. The fraction of sp³-hybridized carbons (Fsp3) is 0.600. The Bertz CT molecular complexity index is 301. The Kier molecular flexibility index (Phi) is 4.16. The van der Waals surface area contributed by atoms with E-state index in [1.165, 1.54) is 0 Å². The molecule has 0 atom stereocenters. The maximum absolute atomic E-state index is 5.68. The zero-order valence-electron chi connectivity index (χ0n) is 8.90. The number of rotatable bonds is 5. The molecule has 2 N–H and O–H groups in total. The molecular weight excluding hydrogens is 176 g/mol. The SMILES string of the molecule is CCCC(N)=NCCc1ccn(C)n1. The van der Waals surface area contributed by atoms with Crippen LogP contribution >= 0.6 is 0 Å². The minimum Gasteiger partial charge on any atom is -0.387 e. The Morgan fingerprint density at radius 1 is 1.64 bits per heavy atom. The van der Waals surface area contributed by atoms with Crippen LogP contribution in [0.3, 0.4) is 0 Å². The zero-order chi connectivity index (χ0) is 10.4. The fourth-order valence-corrected chi connectivity index (χ4v) is 1.25. The summed E-state index contributed by atoms with van der Waals surface area (Å²) in [7, 11) is 1.91. The molecule has 1 aromatic rings. The number of hydrogen-bond acceptors (Lipinski definition) is 2. The highest BCUT2D eigenvalue weighted by atomic mass is 15.2. The monoisotopic (exact) mass is 194 g/mol. The molecule has 0 bridgehead atoms. The molecule has 0 aliphatic carbocycles. The van der Waals surface area contributed by atoms with Crippen molar-refractivity contribution >= 4 is 5.84 Å². The van der Waals surface area contributed by atoms with Crippen molar-refractivity contribution in [2.45, 2.75) is 26.2 Å². The van der Waals surface area contributed by atoms with E-state index >= 15 is 0 Å². The molecule has 0 aliphatic heterocycles. The Morgan fingerprint density at radius 3 is 3.00 bits per heavy atom. The van der Waals surface area contributed by atoms with Gasteiger partial charge < -0.3 is 5.73 Å². The molecule has 4 nitrogen and oxygen atoms in total. The topological polar surface area (TPSA) is 56.2 Å². The molecule has 0 unspecified atom stereocenters. The largest absolute Gasteiger partial charge is 0.387 e. The number of nitrogens with zero attached hydrogens (tertiary/aromatic N) is 3. The standard InChI is InChI=1S/C10H18N4/c1-3-4-10(11)12-7-5-9-6-8-14(2)13-9/h6,8H,3-5,7H2,1-2H3,(H2,11,12). The van der Waals surface area contributed by atoms with Gasteiger partial charge in [0.05, 0.1) is 11.5 Å². The van der Waals surface area contributed by atoms with Crippen LogP contribution in [0.25, 0.3) is 0 Å². The molecule has 0 spiro atoms. The van der Waals surface area contributed by atoms with Crippen molar-refractivity contribution in [3.63, 3.8) is 0 Å². The van der Waals surface area contributed by atoms with Crippen LogP contribution in [0, 0.1) is 0 Å². The molecule has 14 heavy (non-hydrogen) atoms. The Balaban J connectivity index is 2.31. The molecule has 4 heteroatoms. The van der Waals surface area contributed by atoms with Gasteiger partial charge in [-0.25, -0.2) is 0 Å². The van der Waals surface area contributed by atoms with Gasteiger partial charge in [0.25, 0.3) is 0 Å². The van der Waals surface area contributed by atoms with Crippen LogP contribution < -0.4 is 5.73 Å². The number of nitrogens with two attached hydrogens (primary N) is 1. The second-order valence-corrected chi connectivity index (χ2v) is 3.35. The van der Waals surface area contributed by atoms with Gasteiger partial charge in [-0.15, -0.1) is 0 Å². The highest BCUT2D eigenvalue weighted by molar-refractivity contribution is 5.80. The van der Waals surface area contributed by atoms with Crippen molar-refractivity contribution in [1.29, 1.82) is 0 Å². The van der Waals surface area contributed by atoms with Gasteiger partial charge in [-0.3, -0.25) is 9.67 Å². The van der Waals surface area contributed by atoms with E-state index in [1.807, 2.05) is 19.3 Å². The predicted molar refractivity (Wildman–Crippen MR) is 58.3 cm³/mol. The Hall–Kier alpha value is -1.32. The maximum Gasteiger partial charge on any atom is 0.0937 e. The van der Waals surface area contributed by atoms with E-state index in [0.29, 0.717) is 0 Å². The highest BCUT2D eigenvalue weighted by Crippen LogP contribution is 1.96. The van der Waals surface area contributed by atoms with Crippen LogP contribution in [0.4, 0.5) is 0 Å². The van der Waals surface area contributed by atoms with Gasteiger partial charge in [-0.1, -0.05) is 6.92 Å². The molecule has 1 aromatic heterocycles. The lowest BCUT2D eigenvalue weighted by Gasteiger charge is -1.97. The molecular formula is C10H18N4. The molecule has 0 aromatic carbocycles. The summed E-state index contributed by atoms with van der Waals surface area (Å²) in [5.41, 5.74) is 6.75. The van der Waals surface area contributed by atoms with E-state index in [0.717, 1.165) is 37.3 Å². The number of aryl methyl sites for hydroxylation is 1. The first-order chi connectivity index (χ1) is 6.72. The lowest BCUT2D eigenvalue weighted by molar-refractivity contribution is 0.739. The summed E-state index contributed by atoms with van der Waals surface area (Å²) >= 11 is 0. The first-order valence-corrected chi connectivity index (χ1v) is 4.99. The van der Waals surface area contributed by atoms with E-state index in [1.54, 1.807) is 4.68 Å². The number of hydrogen-bond donors (Lipinski definition) is 1. The van der Waals surface area contributed by atoms with Crippen molar-refractivity contribution in [2.24, 2.45) is 17.8 Å². The third kappa shape index (κ3) is 3.60. The maximum atomic E-state index is 5.68. The third-order valence-electron chi connectivity index (χ3n) is 1.96. The average Bonchev–Trinajstić information content (AvgIpc) is 2.52. The normalized spacial score (nSPS) is 12.0. The average molecular weight is 194 g/mol. The Morgan fingerprint density at radius 2 is 2.43 bits per heavy atom. The van der Waals surface area contributed by atoms with E-state index in [-0.39, 0.29) is 0 Å². The smallest absolute Gasteiger partial charge is 0.0937 e. The highest BCUT2D eigenvalue weighted by Gasteiger charge is 1.95. The first kappa shape index (κ1) is 10.8. The van der Waals surface area contributed by atoms with Crippen molar-refractivity contribution in [2.75, 3.05) is 6.54 Å². The first-order valence-electron chi connectivity index (χ1n) is 4.99. The molecule has 0 amide bonds. The molecule has 0 fully saturated rings. The summed E-state index contributed by atoms with van der Waals surface area (Å²) < 4.78 is 1.80. The zero-order valence-corrected chi connectivity index (χ0v) is 8.90. The van der Waals surface area contributed by atoms with Gasteiger partial charge in [0.15, 0.2) is 0 Å².